The maximum atomic E-state index is 6.02. The minimum absolute atomic E-state index is 0.0579. The van der Waals surface area contributed by atoms with Crippen molar-refractivity contribution in [2.24, 2.45) is 0 Å². The summed E-state index contributed by atoms with van der Waals surface area (Å²) in [6, 6.07) is 6.54. The molecule has 1 aromatic rings. The van der Waals surface area contributed by atoms with Crippen LogP contribution in [0, 0.1) is 6.92 Å². The van der Waals surface area contributed by atoms with Crippen LogP contribution in [-0.2, 0) is 4.74 Å². The van der Waals surface area contributed by atoms with Gasteiger partial charge in [0.2, 0.25) is 0 Å². The zero-order chi connectivity index (χ0) is 12.6. The minimum atomic E-state index is -0.0579. The Kier molecular flexibility index (Phi) is 3.01. The molecule has 2 aliphatic heterocycles. The Labute approximate surface area is 108 Å². The first-order valence-electron chi connectivity index (χ1n) is 6.48. The molecule has 1 spiro atoms. The Hall–Kier alpha value is -1.10. The van der Waals surface area contributed by atoms with Gasteiger partial charge >= 0.3 is 0 Å². The molecule has 0 saturated carbocycles. The van der Waals surface area contributed by atoms with Gasteiger partial charge in [-0.3, -0.25) is 0 Å². The molecule has 0 amide bonds. The number of aryl methyl sites for hydroxylation is 1. The molecule has 18 heavy (non-hydrogen) atoms. The molecule has 2 saturated heterocycles. The summed E-state index contributed by atoms with van der Waals surface area (Å²) < 4.78 is 11.3. The molecule has 2 heterocycles. The number of methoxy groups -OCH3 is 1. The fourth-order valence-corrected chi connectivity index (χ4v) is 2.90. The molecule has 1 aromatic carbocycles. The molecule has 0 aromatic heterocycles. The normalized spacial score (nSPS) is 25.8. The summed E-state index contributed by atoms with van der Waals surface area (Å²) in [7, 11) is 1.70. The summed E-state index contributed by atoms with van der Waals surface area (Å²) in [5, 5.41) is 6.92. The standard InChI is InChI=1S/C14H20N2O2/c1-10-7-11(17-2)3-4-12(10)13-14(8-15-9-14)18-6-5-16-13/h3-4,7,13,15-16H,5-6,8-9H2,1-2H3. The first-order valence-corrected chi connectivity index (χ1v) is 6.48. The smallest absolute Gasteiger partial charge is 0.119 e. The van der Waals surface area contributed by atoms with Crippen molar-refractivity contribution in [2.45, 2.75) is 18.6 Å². The van der Waals surface area contributed by atoms with Gasteiger partial charge in [0.1, 0.15) is 11.4 Å². The van der Waals surface area contributed by atoms with Crippen molar-refractivity contribution >= 4 is 0 Å². The van der Waals surface area contributed by atoms with Gasteiger partial charge in [0.05, 0.1) is 19.8 Å². The molecule has 2 aliphatic rings. The van der Waals surface area contributed by atoms with E-state index in [0.29, 0.717) is 0 Å². The Bertz CT molecular complexity index is 443. The second kappa shape index (κ2) is 4.53. The van der Waals surface area contributed by atoms with Crippen molar-refractivity contribution in [2.75, 3.05) is 33.4 Å². The predicted octanol–water partition coefficient (Wildman–Crippen LogP) is 1.01. The molecular formula is C14H20N2O2. The van der Waals surface area contributed by atoms with Crippen LogP contribution in [-0.4, -0.2) is 39.0 Å². The van der Waals surface area contributed by atoms with Crippen molar-refractivity contribution in [3.8, 4) is 5.75 Å². The Morgan fingerprint density at radius 2 is 2.22 bits per heavy atom. The third kappa shape index (κ3) is 1.81. The van der Waals surface area contributed by atoms with Gasteiger partial charge in [-0.25, -0.2) is 0 Å². The molecule has 2 fully saturated rings. The molecule has 4 nitrogen and oxygen atoms in total. The second-order valence-corrected chi connectivity index (χ2v) is 5.13. The lowest BCUT2D eigenvalue weighted by Gasteiger charge is -2.51. The van der Waals surface area contributed by atoms with Gasteiger partial charge in [0.15, 0.2) is 0 Å². The lowest BCUT2D eigenvalue weighted by Crippen LogP contribution is -2.69. The summed E-state index contributed by atoms with van der Waals surface area (Å²) in [5.74, 6) is 0.911. The topological polar surface area (TPSA) is 42.5 Å². The molecule has 3 rings (SSSR count). The Balaban J connectivity index is 1.92. The number of rotatable bonds is 2. The van der Waals surface area contributed by atoms with Gasteiger partial charge in [0, 0.05) is 19.6 Å². The maximum Gasteiger partial charge on any atom is 0.119 e. The maximum absolute atomic E-state index is 6.02. The van der Waals surface area contributed by atoms with E-state index in [1.807, 2.05) is 6.07 Å². The van der Waals surface area contributed by atoms with E-state index >= 15 is 0 Å². The number of benzene rings is 1. The molecule has 1 unspecified atom stereocenters. The number of ether oxygens (including phenoxy) is 2. The van der Waals surface area contributed by atoms with Gasteiger partial charge in [0.25, 0.3) is 0 Å². The second-order valence-electron chi connectivity index (χ2n) is 5.13. The minimum Gasteiger partial charge on any atom is -0.497 e. The molecule has 0 aliphatic carbocycles. The van der Waals surface area contributed by atoms with Crippen LogP contribution in [0.2, 0.25) is 0 Å². The SMILES string of the molecule is COc1ccc(C2NCCOC23CNC3)c(C)c1. The van der Waals surface area contributed by atoms with E-state index in [1.165, 1.54) is 11.1 Å². The van der Waals surface area contributed by atoms with Crippen LogP contribution in [0.5, 0.6) is 5.75 Å². The van der Waals surface area contributed by atoms with Crippen LogP contribution in [0.25, 0.3) is 0 Å². The van der Waals surface area contributed by atoms with Crippen LogP contribution < -0.4 is 15.4 Å². The van der Waals surface area contributed by atoms with E-state index in [2.05, 4.69) is 29.7 Å². The van der Waals surface area contributed by atoms with E-state index in [9.17, 15) is 0 Å². The highest BCUT2D eigenvalue weighted by atomic mass is 16.5. The monoisotopic (exact) mass is 248 g/mol. The van der Waals surface area contributed by atoms with Crippen LogP contribution in [0.3, 0.4) is 0 Å². The quantitative estimate of drug-likeness (QED) is 0.819. The highest BCUT2D eigenvalue weighted by Gasteiger charge is 2.48. The zero-order valence-electron chi connectivity index (χ0n) is 11.0. The van der Waals surface area contributed by atoms with E-state index in [4.69, 9.17) is 9.47 Å². The molecule has 1 atom stereocenters. The van der Waals surface area contributed by atoms with Crippen molar-refractivity contribution in [1.29, 1.82) is 0 Å². The first kappa shape index (κ1) is 12.0. The van der Waals surface area contributed by atoms with Crippen LogP contribution in [0.1, 0.15) is 17.2 Å². The van der Waals surface area contributed by atoms with Crippen molar-refractivity contribution < 1.29 is 9.47 Å². The number of hydrogen-bond acceptors (Lipinski definition) is 4. The van der Waals surface area contributed by atoms with Crippen LogP contribution in [0.4, 0.5) is 0 Å². The average Bonchev–Trinajstić information content (AvgIpc) is 2.36. The highest BCUT2D eigenvalue weighted by molar-refractivity contribution is 5.39. The molecule has 2 N–H and O–H groups in total. The molecule has 98 valence electrons. The van der Waals surface area contributed by atoms with Crippen molar-refractivity contribution in [1.82, 2.24) is 10.6 Å². The highest BCUT2D eigenvalue weighted by Crippen LogP contribution is 2.37. The fraction of sp³-hybridized carbons (Fsp3) is 0.571. The van der Waals surface area contributed by atoms with Gasteiger partial charge < -0.3 is 20.1 Å². The van der Waals surface area contributed by atoms with E-state index in [-0.39, 0.29) is 11.6 Å². The fourth-order valence-electron chi connectivity index (χ4n) is 2.90. The molecule has 0 bridgehead atoms. The number of nitrogens with one attached hydrogen (secondary N) is 2. The van der Waals surface area contributed by atoms with E-state index in [0.717, 1.165) is 32.0 Å². The third-order valence-corrected chi connectivity index (χ3v) is 4.00. The summed E-state index contributed by atoms with van der Waals surface area (Å²) in [6.45, 7) is 5.70. The predicted molar refractivity (Wildman–Crippen MR) is 70.0 cm³/mol. The van der Waals surface area contributed by atoms with Crippen LogP contribution in [0.15, 0.2) is 18.2 Å². The lowest BCUT2D eigenvalue weighted by molar-refractivity contribution is -0.128. The van der Waals surface area contributed by atoms with Crippen LogP contribution >= 0.6 is 0 Å². The lowest BCUT2D eigenvalue weighted by atomic mass is 9.81. The Morgan fingerprint density at radius 3 is 2.83 bits per heavy atom. The molecule has 0 radical (unpaired) electrons. The zero-order valence-corrected chi connectivity index (χ0v) is 11.0. The Morgan fingerprint density at radius 1 is 1.39 bits per heavy atom. The first-order chi connectivity index (χ1) is 8.75. The van der Waals surface area contributed by atoms with Gasteiger partial charge in [-0.2, -0.15) is 0 Å². The summed E-state index contributed by atoms with van der Waals surface area (Å²) in [4.78, 5) is 0. The number of morpholine rings is 1. The summed E-state index contributed by atoms with van der Waals surface area (Å²) in [5.41, 5.74) is 2.51. The van der Waals surface area contributed by atoms with Gasteiger partial charge in [-0.15, -0.1) is 0 Å². The van der Waals surface area contributed by atoms with Crippen molar-refractivity contribution in [3.63, 3.8) is 0 Å². The summed E-state index contributed by atoms with van der Waals surface area (Å²) >= 11 is 0. The van der Waals surface area contributed by atoms with E-state index in [1.54, 1.807) is 7.11 Å². The van der Waals surface area contributed by atoms with Gasteiger partial charge in [-0.1, -0.05) is 6.07 Å². The number of hydrogen-bond donors (Lipinski definition) is 2. The molecular weight excluding hydrogens is 228 g/mol. The largest absolute Gasteiger partial charge is 0.497 e. The van der Waals surface area contributed by atoms with E-state index < -0.39 is 0 Å². The van der Waals surface area contributed by atoms with Gasteiger partial charge in [-0.05, 0) is 30.2 Å². The van der Waals surface area contributed by atoms with Crippen molar-refractivity contribution in [3.05, 3.63) is 29.3 Å². The summed E-state index contributed by atoms with van der Waals surface area (Å²) in [6.07, 6.45) is 0. The molecule has 4 heteroatoms. The third-order valence-electron chi connectivity index (χ3n) is 4.00. The average molecular weight is 248 g/mol.